The van der Waals surface area contributed by atoms with Gasteiger partial charge in [0.15, 0.2) is 5.78 Å². The van der Waals surface area contributed by atoms with Crippen LogP contribution in [-0.4, -0.2) is 31.3 Å². The van der Waals surface area contributed by atoms with Gasteiger partial charge in [-0.15, -0.1) is 0 Å². The molecule has 0 amide bonds. The van der Waals surface area contributed by atoms with Crippen molar-refractivity contribution in [2.75, 3.05) is 20.6 Å². The number of carbonyl (C=O) groups is 1. The van der Waals surface area contributed by atoms with Crippen LogP contribution in [0.1, 0.15) is 12.5 Å². The molecule has 1 aromatic rings. The number of benzene rings is 1. The first-order valence-corrected chi connectivity index (χ1v) is 6.47. The van der Waals surface area contributed by atoms with Crippen LogP contribution in [-0.2, 0) is 4.79 Å². The van der Waals surface area contributed by atoms with Crippen LogP contribution in [0.4, 0.5) is 0 Å². The summed E-state index contributed by atoms with van der Waals surface area (Å²) < 4.78 is 0. The lowest BCUT2D eigenvalue weighted by molar-refractivity contribution is -0.118. The summed E-state index contributed by atoms with van der Waals surface area (Å²) in [5.41, 5.74) is 0.870. The lowest BCUT2D eigenvalue weighted by Crippen LogP contribution is -2.24. The Labute approximate surface area is 118 Å². The van der Waals surface area contributed by atoms with Gasteiger partial charge >= 0.3 is 0 Å². The number of rotatable bonds is 5. The van der Waals surface area contributed by atoms with Gasteiger partial charge in [-0.25, -0.2) is 0 Å². The van der Waals surface area contributed by atoms with Crippen molar-refractivity contribution >= 4 is 35.1 Å². The van der Waals surface area contributed by atoms with Gasteiger partial charge in [0.2, 0.25) is 0 Å². The molecular weight excluding hydrogens is 269 g/mol. The van der Waals surface area contributed by atoms with Crippen molar-refractivity contribution in [3.8, 4) is 0 Å². The molecule has 0 N–H and O–H groups in total. The van der Waals surface area contributed by atoms with Gasteiger partial charge in [0.05, 0.1) is 10.0 Å². The van der Waals surface area contributed by atoms with E-state index in [0.29, 0.717) is 10.0 Å². The fourth-order valence-electron chi connectivity index (χ4n) is 1.60. The zero-order valence-electron chi connectivity index (χ0n) is 10.8. The largest absolute Gasteiger partial charge is 0.309 e. The third-order valence-corrected chi connectivity index (χ3v) is 3.25. The predicted molar refractivity (Wildman–Crippen MR) is 78.2 cm³/mol. The predicted octanol–water partition coefficient (Wildman–Crippen LogP) is 3.77. The fourth-order valence-corrected chi connectivity index (χ4v) is 1.90. The Morgan fingerprint density at radius 3 is 2.56 bits per heavy atom. The van der Waals surface area contributed by atoms with Crippen LogP contribution in [0.25, 0.3) is 6.08 Å². The Hall–Kier alpha value is -0.830. The van der Waals surface area contributed by atoms with E-state index in [0.717, 1.165) is 12.1 Å². The van der Waals surface area contributed by atoms with Crippen molar-refractivity contribution in [2.45, 2.75) is 6.92 Å². The summed E-state index contributed by atoms with van der Waals surface area (Å²) in [6.07, 6.45) is 3.35. The molecule has 0 aliphatic carbocycles. The van der Waals surface area contributed by atoms with E-state index >= 15 is 0 Å². The third-order valence-electron chi connectivity index (χ3n) is 2.51. The van der Waals surface area contributed by atoms with E-state index in [4.69, 9.17) is 23.2 Å². The Morgan fingerprint density at radius 2 is 2.00 bits per heavy atom. The molecule has 0 saturated heterocycles. The average molecular weight is 286 g/mol. The normalized spacial score (nSPS) is 13.2. The molecule has 0 aliphatic rings. The summed E-state index contributed by atoms with van der Waals surface area (Å²) in [5, 5.41) is 1.01. The molecule has 0 fully saturated rings. The minimum atomic E-state index is -0.0148. The number of ketones is 1. The second kappa shape index (κ2) is 6.93. The maximum atomic E-state index is 11.8. The first-order chi connectivity index (χ1) is 8.40. The summed E-state index contributed by atoms with van der Waals surface area (Å²) in [6.45, 7) is 2.66. The Kier molecular flexibility index (Phi) is 5.86. The zero-order valence-corrected chi connectivity index (χ0v) is 12.3. The number of allylic oxidation sites excluding steroid dienone is 1. The molecule has 0 radical (unpaired) electrons. The van der Waals surface area contributed by atoms with Crippen molar-refractivity contribution in [3.05, 3.63) is 39.9 Å². The van der Waals surface area contributed by atoms with Gasteiger partial charge in [0, 0.05) is 12.5 Å². The molecule has 0 spiro atoms. The number of halogens is 2. The van der Waals surface area contributed by atoms with Crippen LogP contribution in [0.15, 0.2) is 24.3 Å². The van der Waals surface area contributed by atoms with E-state index in [1.54, 1.807) is 24.3 Å². The van der Waals surface area contributed by atoms with Crippen LogP contribution in [0.5, 0.6) is 0 Å². The van der Waals surface area contributed by atoms with Crippen LogP contribution in [0.2, 0.25) is 10.0 Å². The second-order valence-corrected chi connectivity index (χ2v) is 5.39. The Balaban J connectivity index is 2.68. The molecule has 0 aromatic heterocycles. The van der Waals surface area contributed by atoms with Crippen LogP contribution in [0, 0.1) is 5.92 Å². The maximum absolute atomic E-state index is 11.8. The van der Waals surface area contributed by atoms with E-state index in [9.17, 15) is 4.79 Å². The van der Waals surface area contributed by atoms with Crippen LogP contribution >= 0.6 is 23.2 Å². The molecule has 0 saturated carbocycles. The van der Waals surface area contributed by atoms with Crippen molar-refractivity contribution < 1.29 is 4.79 Å². The lowest BCUT2D eigenvalue weighted by atomic mass is 10.0. The maximum Gasteiger partial charge on any atom is 0.159 e. The van der Waals surface area contributed by atoms with Gasteiger partial charge in [-0.3, -0.25) is 4.79 Å². The Morgan fingerprint density at radius 1 is 1.33 bits per heavy atom. The second-order valence-electron chi connectivity index (χ2n) is 4.57. The molecule has 0 unspecified atom stereocenters. The molecule has 18 heavy (non-hydrogen) atoms. The highest BCUT2D eigenvalue weighted by molar-refractivity contribution is 6.42. The lowest BCUT2D eigenvalue weighted by Gasteiger charge is -2.13. The van der Waals surface area contributed by atoms with Crippen molar-refractivity contribution in [1.82, 2.24) is 4.90 Å². The summed E-state index contributed by atoms with van der Waals surface area (Å²) in [5.74, 6) is 0.0915. The topological polar surface area (TPSA) is 20.3 Å². The fraction of sp³-hybridized carbons (Fsp3) is 0.357. The van der Waals surface area contributed by atoms with Gasteiger partial charge in [-0.1, -0.05) is 42.3 Å². The average Bonchev–Trinajstić information content (AvgIpc) is 2.29. The van der Waals surface area contributed by atoms with Gasteiger partial charge in [-0.2, -0.15) is 0 Å². The van der Waals surface area contributed by atoms with E-state index in [1.165, 1.54) is 0 Å². The van der Waals surface area contributed by atoms with Gasteiger partial charge in [-0.05, 0) is 37.9 Å². The van der Waals surface area contributed by atoms with E-state index in [2.05, 4.69) is 0 Å². The van der Waals surface area contributed by atoms with E-state index < -0.39 is 0 Å². The van der Waals surface area contributed by atoms with Crippen molar-refractivity contribution in [1.29, 1.82) is 0 Å². The number of hydrogen-bond donors (Lipinski definition) is 0. The number of hydrogen-bond acceptors (Lipinski definition) is 2. The van der Waals surface area contributed by atoms with Gasteiger partial charge in [0.1, 0.15) is 0 Å². The molecule has 2 nitrogen and oxygen atoms in total. The highest BCUT2D eigenvalue weighted by atomic mass is 35.5. The highest BCUT2D eigenvalue weighted by Crippen LogP contribution is 2.23. The smallest absolute Gasteiger partial charge is 0.159 e. The van der Waals surface area contributed by atoms with Crippen LogP contribution < -0.4 is 0 Å². The van der Waals surface area contributed by atoms with E-state index in [1.807, 2.05) is 32.0 Å². The summed E-state index contributed by atoms with van der Waals surface area (Å²) >= 11 is 11.7. The molecule has 0 bridgehead atoms. The zero-order chi connectivity index (χ0) is 13.7. The molecule has 0 aliphatic heterocycles. The SMILES string of the molecule is C[C@@H](CN(C)C)C(=O)/C=C\c1ccc(Cl)c(Cl)c1. The molecule has 1 atom stereocenters. The van der Waals surface area contributed by atoms with Crippen LogP contribution in [0.3, 0.4) is 0 Å². The first kappa shape index (κ1) is 15.2. The molecule has 1 rings (SSSR count). The number of carbonyl (C=O) groups excluding carboxylic acids is 1. The van der Waals surface area contributed by atoms with Crippen molar-refractivity contribution in [3.63, 3.8) is 0 Å². The minimum absolute atomic E-state index is 0.0148. The summed E-state index contributed by atoms with van der Waals surface area (Å²) in [4.78, 5) is 13.8. The summed E-state index contributed by atoms with van der Waals surface area (Å²) in [7, 11) is 3.90. The molecule has 4 heteroatoms. The van der Waals surface area contributed by atoms with Crippen molar-refractivity contribution in [2.24, 2.45) is 5.92 Å². The molecule has 0 heterocycles. The summed E-state index contributed by atoms with van der Waals surface area (Å²) in [6, 6.07) is 5.29. The van der Waals surface area contributed by atoms with Gasteiger partial charge < -0.3 is 4.90 Å². The van der Waals surface area contributed by atoms with E-state index in [-0.39, 0.29) is 11.7 Å². The Bertz CT molecular complexity index is 455. The standard InChI is InChI=1S/C14H17Cl2NO/c1-10(9-17(2)3)14(18)7-5-11-4-6-12(15)13(16)8-11/h4-8,10H,9H2,1-3H3/b7-5-/t10-/m0/s1. The minimum Gasteiger partial charge on any atom is -0.309 e. The molecule has 1 aromatic carbocycles. The monoisotopic (exact) mass is 285 g/mol. The third kappa shape index (κ3) is 4.81. The first-order valence-electron chi connectivity index (χ1n) is 5.72. The number of nitrogens with zero attached hydrogens (tertiary/aromatic N) is 1. The molecule has 98 valence electrons. The quantitative estimate of drug-likeness (QED) is 0.768. The van der Waals surface area contributed by atoms with Gasteiger partial charge in [0.25, 0.3) is 0 Å². The molecular formula is C14H17Cl2NO. The highest BCUT2D eigenvalue weighted by Gasteiger charge is 2.10.